The van der Waals surface area contributed by atoms with Crippen molar-refractivity contribution in [2.24, 2.45) is 5.41 Å². The van der Waals surface area contributed by atoms with Gasteiger partial charge in [0.15, 0.2) is 5.69 Å². The van der Waals surface area contributed by atoms with Gasteiger partial charge in [0.25, 0.3) is 0 Å². The minimum atomic E-state index is -0.0415. The van der Waals surface area contributed by atoms with E-state index in [1.54, 1.807) is 12.1 Å². The lowest BCUT2D eigenvalue weighted by molar-refractivity contribution is -0.120. The monoisotopic (exact) mass is 272 g/mol. The van der Waals surface area contributed by atoms with Gasteiger partial charge in [-0.3, -0.25) is 4.79 Å². The number of benzene rings is 1. The summed E-state index contributed by atoms with van der Waals surface area (Å²) < 4.78 is 0. The average Bonchev–Trinajstić information content (AvgIpc) is 2.36. The van der Waals surface area contributed by atoms with Crippen molar-refractivity contribution >= 4 is 17.3 Å². The van der Waals surface area contributed by atoms with Gasteiger partial charge >= 0.3 is 0 Å². The second-order valence-electron chi connectivity index (χ2n) is 6.39. The van der Waals surface area contributed by atoms with E-state index in [2.05, 4.69) is 32.5 Å². The van der Waals surface area contributed by atoms with Gasteiger partial charge in [0.2, 0.25) is 5.91 Å². The summed E-state index contributed by atoms with van der Waals surface area (Å²) in [6.45, 7) is 17.4. The molecule has 1 amide bonds. The third kappa shape index (κ3) is 4.38. The Hall–Kier alpha value is -1.82. The lowest BCUT2D eigenvalue weighted by Crippen LogP contribution is -2.40. The van der Waals surface area contributed by atoms with E-state index in [-0.39, 0.29) is 17.4 Å². The molecule has 1 aromatic rings. The molecular weight excluding hydrogens is 248 g/mol. The zero-order valence-corrected chi connectivity index (χ0v) is 13.1. The maximum absolute atomic E-state index is 12.6. The predicted octanol–water partition coefficient (Wildman–Crippen LogP) is 4.81. The molecule has 1 rings (SSSR count). The molecule has 0 aromatic heterocycles. The second kappa shape index (κ2) is 6.56. The highest BCUT2D eigenvalue weighted by atomic mass is 16.2. The Bertz CT molecular complexity index is 508. The van der Waals surface area contributed by atoms with Crippen molar-refractivity contribution < 1.29 is 4.79 Å². The molecule has 0 bridgehead atoms. The third-order valence-electron chi connectivity index (χ3n) is 3.22. The van der Waals surface area contributed by atoms with E-state index in [9.17, 15) is 4.79 Å². The molecule has 0 heterocycles. The van der Waals surface area contributed by atoms with Crippen molar-refractivity contribution in [3.63, 3.8) is 0 Å². The second-order valence-corrected chi connectivity index (χ2v) is 6.39. The molecule has 0 spiro atoms. The van der Waals surface area contributed by atoms with Gasteiger partial charge in [0, 0.05) is 18.2 Å². The van der Waals surface area contributed by atoms with Crippen LogP contribution < -0.4 is 4.90 Å². The SMILES string of the molecule is [C-]#[N+]c1cccc(N(C(=O)CC(C)(C)C)C(C)CC)c1. The van der Waals surface area contributed by atoms with Crippen LogP contribution in [0.25, 0.3) is 4.85 Å². The van der Waals surface area contributed by atoms with E-state index in [0.29, 0.717) is 12.1 Å². The first-order valence-corrected chi connectivity index (χ1v) is 7.08. The van der Waals surface area contributed by atoms with Crippen LogP contribution in [0.4, 0.5) is 11.4 Å². The van der Waals surface area contributed by atoms with Crippen LogP contribution in [0, 0.1) is 12.0 Å². The fourth-order valence-electron chi connectivity index (χ4n) is 2.08. The molecule has 108 valence electrons. The Morgan fingerprint density at radius 3 is 2.55 bits per heavy atom. The molecule has 0 aliphatic rings. The van der Waals surface area contributed by atoms with Gasteiger partial charge in [-0.05, 0) is 30.9 Å². The minimum Gasteiger partial charge on any atom is -0.311 e. The molecule has 3 heteroatoms. The average molecular weight is 272 g/mol. The molecule has 20 heavy (non-hydrogen) atoms. The molecule has 0 saturated carbocycles. The van der Waals surface area contributed by atoms with Gasteiger partial charge in [0.1, 0.15) is 0 Å². The molecular formula is C17H24N2O. The highest BCUT2D eigenvalue weighted by Crippen LogP contribution is 2.28. The van der Waals surface area contributed by atoms with Crippen molar-refractivity contribution in [2.75, 3.05) is 4.90 Å². The van der Waals surface area contributed by atoms with Crippen LogP contribution in [-0.4, -0.2) is 11.9 Å². The van der Waals surface area contributed by atoms with Crippen LogP contribution in [0.15, 0.2) is 24.3 Å². The lowest BCUT2D eigenvalue weighted by Gasteiger charge is -2.31. The highest BCUT2D eigenvalue weighted by Gasteiger charge is 2.25. The number of carbonyl (C=O) groups is 1. The molecule has 0 radical (unpaired) electrons. The molecule has 0 N–H and O–H groups in total. The quantitative estimate of drug-likeness (QED) is 0.722. The fourth-order valence-corrected chi connectivity index (χ4v) is 2.08. The zero-order chi connectivity index (χ0) is 15.3. The van der Waals surface area contributed by atoms with Crippen LogP contribution in [0.2, 0.25) is 0 Å². The molecule has 0 aliphatic carbocycles. The maximum atomic E-state index is 12.6. The molecule has 3 nitrogen and oxygen atoms in total. The minimum absolute atomic E-state index is 0.0415. The van der Waals surface area contributed by atoms with E-state index in [0.717, 1.165) is 12.1 Å². The van der Waals surface area contributed by atoms with E-state index >= 15 is 0 Å². The summed E-state index contributed by atoms with van der Waals surface area (Å²) in [5, 5.41) is 0. The van der Waals surface area contributed by atoms with E-state index in [1.165, 1.54) is 0 Å². The first kappa shape index (κ1) is 16.2. The van der Waals surface area contributed by atoms with Gasteiger partial charge in [-0.2, -0.15) is 0 Å². The molecule has 1 aromatic carbocycles. The van der Waals surface area contributed by atoms with Gasteiger partial charge < -0.3 is 4.90 Å². The summed E-state index contributed by atoms with van der Waals surface area (Å²) in [4.78, 5) is 17.9. The summed E-state index contributed by atoms with van der Waals surface area (Å²) in [6.07, 6.45) is 1.39. The van der Waals surface area contributed by atoms with Crippen LogP contribution in [0.5, 0.6) is 0 Å². The van der Waals surface area contributed by atoms with Crippen molar-refractivity contribution in [3.8, 4) is 0 Å². The normalized spacial score (nSPS) is 12.6. The van der Waals surface area contributed by atoms with Crippen molar-refractivity contribution in [1.82, 2.24) is 0 Å². The van der Waals surface area contributed by atoms with E-state index in [1.807, 2.05) is 24.0 Å². The summed E-state index contributed by atoms with van der Waals surface area (Å²) in [5.74, 6) is 0.119. The fraction of sp³-hybridized carbons (Fsp3) is 0.529. The Morgan fingerprint density at radius 2 is 2.05 bits per heavy atom. The topological polar surface area (TPSA) is 24.7 Å². The summed E-state index contributed by atoms with van der Waals surface area (Å²) in [5.41, 5.74) is 1.35. The Balaban J connectivity index is 3.12. The van der Waals surface area contributed by atoms with Crippen molar-refractivity contribution in [1.29, 1.82) is 0 Å². The standard InChI is InChI=1S/C17H24N2O/c1-7-13(2)19(16(20)12-17(3,4)5)15-10-8-9-14(11-15)18-6/h8-11,13H,7,12H2,1-5H3. The number of anilines is 1. The molecule has 1 atom stereocenters. The number of rotatable bonds is 4. The largest absolute Gasteiger partial charge is 0.311 e. The van der Waals surface area contributed by atoms with Gasteiger partial charge in [-0.15, -0.1) is 0 Å². The van der Waals surface area contributed by atoms with Crippen molar-refractivity contribution in [2.45, 2.75) is 53.5 Å². The maximum Gasteiger partial charge on any atom is 0.227 e. The first-order chi connectivity index (χ1) is 9.28. The summed E-state index contributed by atoms with van der Waals surface area (Å²) >= 11 is 0. The Morgan fingerprint density at radius 1 is 1.40 bits per heavy atom. The van der Waals surface area contributed by atoms with Crippen LogP contribution in [-0.2, 0) is 4.79 Å². The van der Waals surface area contributed by atoms with Gasteiger partial charge in [-0.1, -0.05) is 39.8 Å². The summed E-state index contributed by atoms with van der Waals surface area (Å²) in [6, 6.07) is 7.43. The number of nitrogens with zero attached hydrogens (tertiary/aromatic N) is 2. The molecule has 1 unspecified atom stereocenters. The number of carbonyl (C=O) groups excluding carboxylic acids is 1. The van der Waals surface area contributed by atoms with E-state index < -0.39 is 0 Å². The number of hydrogen-bond acceptors (Lipinski definition) is 1. The van der Waals surface area contributed by atoms with Gasteiger partial charge in [-0.25, -0.2) is 4.85 Å². The van der Waals surface area contributed by atoms with Crippen LogP contribution in [0.1, 0.15) is 47.5 Å². The third-order valence-corrected chi connectivity index (χ3v) is 3.22. The number of hydrogen-bond donors (Lipinski definition) is 0. The zero-order valence-electron chi connectivity index (χ0n) is 13.1. The Kier molecular flexibility index (Phi) is 5.33. The van der Waals surface area contributed by atoms with Crippen molar-refractivity contribution in [3.05, 3.63) is 35.7 Å². The van der Waals surface area contributed by atoms with Crippen LogP contribution >= 0.6 is 0 Å². The molecule has 0 aliphatic heterocycles. The number of amides is 1. The molecule has 0 fully saturated rings. The summed E-state index contributed by atoms with van der Waals surface area (Å²) in [7, 11) is 0. The van der Waals surface area contributed by atoms with Gasteiger partial charge in [0.05, 0.1) is 6.57 Å². The smallest absolute Gasteiger partial charge is 0.227 e. The molecule has 0 saturated heterocycles. The lowest BCUT2D eigenvalue weighted by atomic mass is 9.91. The predicted molar refractivity (Wildman–Crippen MR) is 84.0 cm³/mol. The van der Waals surface area contributed by atoms with E-state index in [4.69, 9.17) is 6.57 Å². The first-order valence-electron chi connectivity index (χ1n) is 7.08. The Labute approximate surface area is 122 Å². The highest BCUT2D eigenvalue weighted by molar-refractivity contribution is 5.94. The van der Waals surface area contributed by atoms with Crippen LogP contribution in [0.3, 0.4) is 0 Å².